The minimum absolute atomic E-state index is 0.303. The van der Waals surface area contributed by atoms with Gasteiger partial charge in [0.1, 0.15) is 0 Å². The largest absolute Gasteiger partial charge is 0.370 e. The van der Waals surface area contributed by atoms with E-state index in [1.165, 1.54) is 31.5 Å². The lowest BCUT2D eigenvalue weighted by Crippen LogP contribution is -2.23. The summed E-state index contributed by atoms with van der Waals surface area (Å²) in [6.45, 7) is 5.21. The van der Waals surface area contributed by atoms with Crippen molar-refractivity contribution in [3.63, 3.8) is 0 Å². The van der Waals surface area contributed by atoms with Crippen LogP contribution in [0.5, 0.6) is 0 Å². The van der Waals surface area contributed by atoms with Crippen LogP contribution < -0.4 is 5.73 Å². The van der Waals surface area contributed by atoms with E-state index in [4.69, 9.17) is 5.73 Å². The number of likely N-dealkylation sites (tertiary alicyclic amines) is 1. The van der Waals surface area contributed by atoms with Crippen LogP contribution in [-0.2, 0) is 11.3 Å². The van der Waals surface area contributed by atoms with Crippen molar-refractivity contribution < 1.29 is 4.79 Å². The van der Waals surface area contributed by atoms with Crippen molar-refractivity contribution in [2.75, 3.05) is 13.1 Å². The van der Waals surface area contributed by atoms with Crippen LogP contribution in [0, 0.1) is 0 Å². The Labute approximate surface area is 137 Å². The van der Waals surface area contributed by atoms with Gasteiger partial charge in [0.05, 0.1) is 6.20 Å². The Kier molecular flexibility index (Phi) is 4.76. The van der Waals surface area contributed by atoms with Crippen LogP contribution in [0.4, 0.5) is 0 Å². The molecule has 2 N–H and O–H groups in total. The molecular formula is C18H24N4O. The standard InChI is InChI=1S/C18H24N4O/c1-14(21-9-2-3-10-21)15-4-6-16(7-5-15)17-12-20-22(13-17)11-8-18(19)23/h4-7,12-14H,2-3,8-11H2,1H3,(H2,19,23)/t14-/m1/s1. The molecule has 0 radical (unpaired) electrons. The zero-order valence-electron chi connectivity index (χ0n) is 13.6. The van der Waals surface area contributed by atoms with Crippen LogP contribution in [0.25, 0.3) is 11.1 Å². The Hall–Kier alpha value is -2.14. The molecule has 1 aromatic heterocycles. The Morgan fingerprint density at radius 3 is 2.57 bits per heavy atom. The number of primary amides is 1. The molecule has 1 aliphatic rings. The maximum atomic E-state index is 10.8. The van der Waals surface area contributed by atoms with Gasteiger partial charge >= 0.3 is 0 Å². The predicted molar refractivity (Wildman–Crippen MR) is 90.7 cm³/mol. The molecule has 122 valence electrons. The summed E-state index contributed by atoms with van der Waals surface area (Å²) in [5.74, 6) is -0.303. The molecule has 5 heteroatoms. The van der Waals surface area contributed by atoms with E-state index < -0.39 is 0 Å². The van der Waals surface area contributed by atoms with E-state index in [0.717, 1.165) is 11.1 Å². The molecule has 1 amide bonds. The Bertz CT molecular complexity index is 656. The number of hydrogen-bond acceptors (Lipinski definition) is 3. The van der Waals surface area contributed by atoms with Crippen molar-refractivity contribution in [3.05, 3.63) is 42.2 Å². The zero-order chi connectivity index (χ0) is 16.2. The second kappa shape index (κ2) is 6.96. The van der Waals surface area contributed by atoms with Crippen LogP contribution in [0.2, 0.25) is 0 Å². The molecule has 1 fully saturated rings. The van der Waals surface area contributed by atoms with E-state index in [1.807, 2.05) is 12.4 Å². The van der Waals surface area contributed by atoms with Crippen molar-refractivity contribution in [2.45, 2.75) is 38.8 Å². The van der Waals surface area contributed by atoms with E-state index in [9.17, 15) is 4.79 Å². The van der Waals surface area contributed by atoms with Gasteiger partial charge in [0.2, 0.25) is 5.91 Å². The summed E-state index contributed by atoms with van der Waals surface area (Å²) in [6, 6.07) is 9.19. The number of carbonyl (C=O) groups excluding carboxylic acids is 1. The Morgan fingerprint density at radius 2 is 1.91 bits per heavy atom. The quantitative estimate of drug-likeness (QED) is 0.891. The van der Waals surface area contributed by atoms with E-state index in [2.05, 4.69) is 41.2 Å². The summed E-state index contributed by atoms with van der Waals surface area (Å²) in [5, 5.41) is 4.29. The number of hydrogen-bond donors (Lipinski definition) is 1. The maximum absolute atomic E-state index is 10.8. The minimum Gasteiger partial charge on any atom is -0.370 e. The normalized spacial score (nSPS) is 16.6. The van der Waals surface area contributed by atoms with Crippen LogP contribution in [0.1, 0.15) is 37.8 Å². The van der Waals surface area contributed by atoms with Crippen LogP contribution in [-0.4, -0.2) is 33.7 Å². The summed E-state index contributed by atoms with van der Waals surface area (Å²) in [7, 11) is 0. The third kappa shape index (κ3) is 3.79. The predicted octanol–water partition coefficient (Wildman–Crippen LogP) is 2.58. The minimum atomic E-state index is -0.303. The number of carbonyl (C=O) groups is 1. The highest BCUT2D eigenvalue weighted by Gasteiger charge is 2.19. The number of nitrogens with zero attached hydrogens (tertiary/aromatic N) is 3. The van der Waals surface area contributed by atoms with E-state index in [-0.39, 0.29) is 5.91 Å². The second-order valence-corrected chi connectivity index (χ2v) is 6.25. The van der Waals surface area contributed by atoms with Crippen molar-refractivity contribution in [3.8, 4) is 11.1 Å². The first kappa shape index (κ1) is 15.7. The molecule has 2 heterocycles. The number of rotatable bonds is 6. The lowest BCUT2D eigenvalue weighted by molar-refractivity contribution is -0.118. The molecule has 0 saturated carbocycles. The number of aromatic nitrogens is 2. The number of amides is 1. The molecule has 1 atom stereocenters. The summed E-state index contributed by atoms with van der Waals surface area (Å²) in [4.78, 5) is 13.4. The monoisotopic (exact) mass is 312 g/mol. The first-order chi connectivity index (χ1) is 11.1. The van der Waals surface area contributed by atoms with E-state index in [0.29, 0.717) is 19.0 Å². The summed E-state index contributed by atoms with van der Waals surface area (Å²) in [6.07, 6.45) is 6.73. The maximum Gasteiger partial charge on any atom is 0.219 e. The highest BCUT2D eigenvalue weighted by molar-refractivity contribution is 5.73. The number of nitrogens with two attached hydrogens (primary N) is 1. The Morgan fingerprint density at radius 1 is 1.22 bits per heavy atom. The van der Waals surface area contributed by atoms with Gasteiger partial charge in [-0.3, -0.25) is 14.4 Å². The Balaban J connectivity index is 1.68. The third-order valence-electron chi connectivity index (χ3n) is 4.64. The topological polar surface area (TPSA) is 64.2 Å². The highest BCUT2D eigenvalue weighted by atomic mass is 16.1. The zero-order valence-corrected chi connectivity index (χ0v) is 13.6. The van der Waals surface area contributed by atoms with Crippen molar-refractivity contribution in [1.29, 1.82) is 0 Å². The molecule has 0 bridgehead atoms. The van der Waals surface area contributed by atoms with Gasteiger partial charge in [0.15, 0.2) is 0 Å². The average molecular weight is 312 g/mol. The fourth-order valence-electron chi connectivity index (χ4n) is 3.15. The molecule has 1 saturated heterocycles. The molecule has 23 heavy (non-hydrogen) atoms. The number of benzene rings is 1. The van der Waals surface area contributed by atoms with Gasteiger partial charge < -0.3 is 5.73 Å². The van der Waals surface area contributed by atoms with Crippen LogP contribution in [0.15, 0.2) is 36.7 Å². The van der Waals surface area contributed by atoms with Crippen molar-refractivity contribution in [2.24, 2.45) is 5.73 Å². The molecular weight excluding hydrogens is 288 g/mol. The fraction of sp³-hybridized carbons (Fsp3) is 0.444. The fourth-order valence-corrected chi connectivity index (χ4v) is 3.15. The molecule has 1 aliphatic heterocycles. The van der Waals surface area contributed by atoms with Crippen LogP contribution >= 0.6 is 0 Å². The smallest absolute Gasteiger partial charge is 0.219 e. The SMILES string of the molecule is C[C@H](c1ccc(-c2cnn(CCC(N)=O)c2)cc1)N1CCCC1. The lowest BCUT2D eigenvalue weighted by Gasteiger charge is -2.24. The molecule has 0 unspecified atom stereocenters. The molecule has 2 aromatic rings. The molecule has 1 aromatic carbocycles. The van der Waals surface area contributed by atoms with Gasteiger partial charge in [-0.2, -0.15) is 5.10 Å². The van der Waals surface area contributed by atoms with Crippen molar-refractivity contribution >= 4 is 5.91 Å². The number of aryl methyl sites for hydroxylation is 1. The summed E-state index contributed by atoms with van der Waals surface area (Å²) in [5.41, 5.74) is 8.74. The molecule has 0 aliphatic carbocycles. The van der Waals surface area contributed by atoms with Gasteiger partial charge in [-0.1, -0.05) is 24.3 Å². The van der Waals surface area contributed by atoms with Gasteiger partial charge in [-0.25, -0.2) is 0 Å². The third-order valence-corrected chi connectivity index (χ3v) is 4.64. The average Bonchev–Trinajstić information content (AvgIpc) is 3.24. The highest BCUT2D eigenvalue weighted by Crippen LogP contribution is 2.27. The van der Waals surface area contributed by atoms with Gasteiger partial charge in [0, 0.05) is 30.8 Å². The summed E-state index contributed by atoms with van der Waals surface area (Å²) < 4.78 is 1.76. The summed E-state index contributed by atoms with van der Waals surface area (Å²) >= 11 is 0. The second-order valence-electron chi connectivity index (χ2n) is 6.25. The van der Waals surface area contributed by atoms with Gasteiger partial charge in [-0.15, -0.1) is 0 Å². The van der Waals surface area contributed by atoms with Crippen molar-refractivity contribution in [1.82, 2.24) is 14.7 Å². The van der Waals surface area contributed by atoms with E-state index >= 15 is 0 Å². The van der Waals surface area contributed by atoms with Gasteiger partial charge in [-0.05, 0) is 44.0 Å². The lowest BCUT2D eigenvalue weighted by atomic mass is 10.0. The van der Waals surface area contributed by atoms with Crippen LogP contribution in [0.3, 0.4) is 0 Å². The molecule has 5 nitrogen and oxygen atoms in total. The first-order valence-corrected chi connectivity index (χ1v) is 8.28. The van der Waals surface area contributed by atoms with E-state index in [1.54, 1.807) is 4.68 Å². The first-order valence-electron chi connectivity index (χ1n) is 8.28. The molecule has 0 spiro atoms. The molecule has 3 rings (SSSR count). The van der Waals surface area contributed by atoms with Gasteiger partial charge in [0.25, 0.3) is 0 Å².